The van der Waals surface area contributed by atoms with E-state index in [2.05, 4.69) is 21.2 Å². The zero-order chi connectivity index (χ0) is 12.8. The quantitative estimate of drug-likeness (QED) is 0.877. The third-order valence-corrected chi connectivity index (χ3v) is 3.03. The van der Waals surface area contributed by atoms with E-state index in [1.165, 1.54) is 0 Å². The number of amides is 1. The minimum atomic E-state index is 0.0480. The molecule has 0 aliphatic rings. The number of aryl methyl sites for hydroxylation is 1. The second-order valence-corrected chi connectivity index (χ2v) is 5.29. The van der Waals surface area contributed by atoms with Crippen molar-refractivity contribution in [3.8, 4) is 0 Å². The average molecular weight is 299 g/mol. The van der Waals surface area contributed by atoms with Gasteiger partial charge in [0.1, 0.15) is 0 Å². The summed E-state index contributed by atoms with van der Waals surface area (Å²) in [5.74, 6) is 0.0480. The monoisotopic (exact) mass is 298 g/mol. The van der Waals surface area contributed by atoms with E-state index < -0.39 is 0 Å². The number of benzene rings is 1. The number of rotatable bonds is 5. The van der Waals surface area contributed by atoms with E-state index in [0.29, 0.717) is 6.42 Å². The molecular formula is C13H19BrN2O. The Hall–Kier alpha value is -0.870. The Morgan fingerprint density at radius 1 is 1.53 bits per heavy atom. The molecule has 0 aromatic heterocycles. The number of carbonyl (C=O) groups excluding carboxylic acids is 1. The minimum absolute atomic E-state index is 0.0480. The molecule has 1 aromatic rings. The van der Waals surface area contributed by atoms with Gasteiger partial charge >= 0.3 is 0 Å². The van der Waals surface area contributed by atoms with Crippen LogP contribution in [0.4, 0.5) is 5.69 Å². The molecule has 1 amide bonds. The second kappa shape index (κ2) is 6.77. The van der Waals surface area contributed by atoms with Crippen molar-refractivity contribution in [2.75, 3.05) is 5.32 Å². The molecule has 4 heteroatoms. The van der Waals surface area contributed by atoms with Crippen LogP contribution in [0.3, 0.4) is 0 Å². The second-order valence-electron chi connectivity index (χ2n) is 4.38. The molecule has 0 aliphatic carbocycles. The van der Waals surface area contributed by atoms with Crippen LogP contribution in [0.15, 0.2) is 22.7 Å². The van der Waals surface area contributed by atoms with Crippen molar-refractivity contribution in [3.05, 3.63) is 28.2 Å². The molecule has 0 bridgehead atoms. The zero-order valence-electron chi connectivity index (χ0n) is 10.3. The van der Waals surface area contributed by atoms with Gasteiger partial charge in [-0.1, -0.05) is 22.0 Å². The van der Waals surface area contributed by atoms with Crippen LogP contribution in [0.5, 0.6) is 0 Å². The largest absolute Gasteiger partial charge is 0.328 e. The lowest BCUT2D eigenvalue weighted by Crippen LogP contribution is -2.17. The predicted octanol–water partition coefficient (Wildman–Crippen LogP) is 3.21. The van der Waals surface area contributed by atoms with Crippen molar-refractivity contribution in [2.24, 2.45) is 5.73 Å². The molecule has 1 unspecified atom stereocenters. The first-order valence-electron chi connectivity index (χ1n) is 5.80. The van der Waals surface area contributed by atoms with Crippen LogP contribution < -0.4 is 11.1 Å². The highest BCUT2D eigenvalue weighted by Crippen LogP contribution is 2.20. The summed E-state index contributed by atoms with van der Waals surface area (Å²) in [6.45, 7) is 3.93. The lowest BCUT2D eigenvalue weighted by atomic mass is 10.1. The normalized spacial score (nSPS) is 12.2. The van der Waals surface area contributed by atoms with Gasteiger partial charge < -0.3 is 11.1 Å². The first-order valence-corrected chi connectivity index (χ1v) is 6.60. The highest BCUT2D eigenvalue weighted by molar-refractivity contribution is 9.10. The number of carbonyl (C=O) groups is 1. The maximum atomic E-state index is 11.7. The molecule has 0 saturated heterocycles. The van der Waals surface area contributed by atoms with Gasteiger partial charge in [0, 0.05) is 22.6 Å². The third kappa shape index (κ3) is 5.33. The summed E-state index contributed by atoms with van der Waals surface area (Å²) >= 11 is 3.39. The van der Waals surface area contributed by atoms with Crippen LogP contribution in [0.25, 0.3) is 0 Å². The Kier molecular flexibility index (Phi) is 5.65. The van der Waals surface area contributed by atoms with Crippen LogP contribution in [0, 0.1) is 6.92 Å². The highest BCUT2D eigenvalue weighted by atomic mass is 79.9. The zero-order valence-corrected chi connectivity index (χ0v) is 11.9. The van der Waals surface area contributed by atoms with E-state index >= 15 is 0 Å². The van der Waals surface area contributed by atoms with Gasteiger partial charge in [0.15, 0.2) is 0 Å². The van der Waals surface area contributed by atoms with Crippen molar-refractivity contribution in [1.29, 1.82) is 0 Å². The Balaban J connectivity index is 2.47. The van der Waals surface area contributed by atoms with Gasteiger partial charge in [0.25, 0.3) is 0 Å². The van der Waals surface area contributed by atoms with E-state index in [1.54, 1.807) is 0 Å². The van der Waals surface area contributed by atoms with E-state index in [0.717, 1.165) is 28.6 Å². The molecule has 3 N–H and O–H groups in total. The predicted molar refractivity (Wildman–Crippen MR) is 75.0 cm³/mol. The van der Waals surface area contributed by atoms with E-state index in [-0.39, 0.29) is 11.9 Å². The molecule has 0 radical (unpaired) electrons. The summed E-state index contributed by atoms with van der Waals surface area (Å²) in [4.78, 5) is 11.7. The fourth-order valence-electron chi connectivity index (χ4n) is 1.53. The standard InChI is InChI=1S/C13H19BrN2O/c1-9-6-7-11(14)8-12(9)16-13(17)5-3-4-10(2)15/h6-8,10H,3-5,15H2,1-2H3,(H,16,17). The Morgan fingerprint density at radius 3 is 2.88 bits per heavy atom. The summed E-state index contributed by atoms with van der Waals surface area (Å²) in [5, 5.41) is 2.92. The molecule has 3 nitrogen and oxygen atoms in total. The molecule has 0 saturated carbocycles. The van der Waals surface area contributed by atoms with Crippen molar-refractivity contribution < 1.29 is 4.79 Å². The summed E-state index contributed by atoms with van der Waals surface area (Å²) in [6.07, 6.45) is 2.23. The molecule has 17 heavy (non-hydrogen) atoms. The molecule has 94 valence electrons. The minimum Gasteiger partial charge on any atom is -0.328 e. The van der Waals surface area contributed by atoms with Gasteiger partial charge in [0.2, 0.25) is 5.91 Å². The summed E-state index contributed by atoms with van der Waals surface area (Å²) in [6, 6.07) is 6.01. The lowest BCUT2D eigenvalue weighted by Gasteiger charge is -2.09. The SMILES string of the molecule is Cc1ccc(Br)cc1NC(=O)CCCC(C)N. The molecule has 1 atom stereocenters. The maximum Gasteiger partial charge on any atom is 0.224 e. The number of hydrogen-bond donors (Lipinski definition) is 2. The fraction of sp³-hybridized carbons (Fsp3) is 0.462. The van der Waals surface area contributed by atoms with Crippen molar-refractivity contribution in [2.45, 2.75) is 39.2 Å². The smallest absolute Gasteiger partial charge is 0.224 e. The van der Waals surface area contributed by atoms with E-state index in [1.807, 2.05) is 32.0 Å². The average Bonchev–Trinajstić information content (AvgIpc) is 2.23. The summed E-state index contributed by atoms with van der Waals surface area (Å²) in [7, 11) is 0. The first kappa shape index (κ1) is 14.2. The van der Waals surface area contributed by atoms with Crippen LogP contribution in [-0.2, 0) is 4.79 Å². The van der Waals surface area contributed by atoms with Crippen LogP contribution in [0.2, 0.25) is 0 Å². The van der Waals surface area contributed by atoms with Crippen molar-refractivity contribution in [1.82, 2.24) is 0 Å². The molecule has 1 aromatic carbocycles. The number of anilines is 1. The summed E-state index contributed by atoms with van der Waals surface area (Å²) < 4.78 is 0.967. The maximum absolute atomic E-state index is 11.7. The fourth-order valence-corrected chi connectivity index (χ4v) is 1.89. The first-order chi connectivity index (χ1) is 7.99. The Morgan fingerprint density at radius 2 is 2.24 bits per heavy atom. The molecule has 1 rings (SSSR count). The van der Waals surface area contributed by atoms with Crippen LogP contribution >= 0.6 is 15.9 Å². The number of hydrogen-bond acceptors (Lipinski definition) is 2. The highest BCUT2D eigenvalue weighted by Gasteiger charge is 2.05. The molecular weight excluding hydrogens is 280 g/mol. The molecule has 0 heterocycles. The van der Waals surface area contributed by atoms with E-state index in [4.69, 9.17) is 5.73 Å². The van der Waals surface area contributed by atoms with Gasteiger partial charge in [-0.2, -0.15) is 0 Å². The third-order valence-electron chi connectivity index (χ3n) is 2.54. The topological polar surface area (TPSA) is 55.1 Å². The lowest BCUT2D eigenvalue weighted by molar-refractivity contribution is -0.116. The number of nitrogens with two attached hydrogens (primary N) is 1. The molecule has 0 spiro atoms. The summed E-state index contributed by atoms with van der Waals surface area (Å²) in [5.41, 5.74) is 7.57. The molecule has 0 aliphatic heterocycles. The van der Waals surface area contributed by atoms with Gasteiger partial charge in [-0.15, -0.1) is 0 Å². The van der Waals surface area contributed by atoms with Crippen molar-refractivity contribution in [3.63, 3.8) is 0 Å². The molecule has 0 fully saturated rings. The van der Waals surface area contributed by atoms with Gasteiger partial charge in [-0.05, 0) is 44.4 Å². The van der Waals surface area contributed by atoms with Gasteiger partial charge in [-0.3, -0.25) is 4.79 Å². The number of halogens is 1. The van der Waals surface area contributed by atoms with Crippen LogP contribution in [-0.4, -0.2) is 11.9 Å². The van der Waals surface area contributed by atoms with E-state index in [9.17, 15) is 4.79 Å². The van der Waals surface area contributed by atoms with Crippen LogP contribution in [0.1, 0.15) is 31.7 Å². The van der Waals surface area contributed by atoms with Gasteiger partial charge in [0.05, 0.1) is 0 Å². The number of nitrogens with one attached hydrogen (secondary N) is 1. The Bertz CT molecular complexity index is 391. The Labute approximate surface area is 111 Å². The van der Waals surface area contributed by atoms with Crippen molar-refractivity contribution >= 4 is 27.5 Å². The van der Waals surface area contributed by atoms with Gasteiger partial charge in [-0.25, -0.2) is 0 Å².